The van der Waals surface area contributed by atoms with Gasteiger partial charge in [-0.3, -0.25) is 4.68 Å². The summed E-state index contributed by atoms with van der Waals surface area (Å²) in [5.74, 6) is 0. The van der Waals surface area contributed by atoms with Gasteiger partial charge in [-0.25, -0.2) is 0 Å². The van der Waals surface area contributed by atoms with Crippen LogP contribution in [0, 0.1) is 0 Å². The highest BCUT2D eigenvalue weighted by molar-refractivity contribution is 6.34. The maximum atomic E-state index is 6.13. The predicted molar refractivity (Wildman–Crippen MR) is 67.7 cm³/mol. The van der Waals surface area contributed by atoms with E-state index in [-0.39, 0.29) is 6.04 Å². The molecule has 1 aromatic heterocycles. The number of nitrogens with two attached hydrogens (primary N) is 1. The van der Waals surface area contributed by atoms with Gasteiger partial charge in [0.15, 0.2) is 5.15 Å². The van der Waals surface area contributed by atoms with Crippen molar-refractivity contribution in [2.24, 2.45) is 5.73 Å². The van der Waals surface area contributed by atoms with Gasteiger partial charge in [-0.1, -0.05) is 17.7 Å². The monoisotopic (exact) mass is 237 g/mol. The molecule has 4 heteroatoms. The Hall–Kier alpha value is -1.06. The summed E-state index contributed by atoms with van der Waals surface area (Å²) in [4.78, 5) is 0. The fourth-order valence-electron chi connectivity index (χ4n) is 1.80. The van der Waals surface area contributed by atoms with Gasteiger partial charge in [0.2, 0.25) is 0 Å². The zero-order chi connectivity index (χ0) is 11.9. The van der Waals surface area contributed by atoms with E-state index in [2.05, 4.69) is 18.9 Å². The maximum Gasteiger partial charge on any atom is 0.158 e. The van der Waals surface area contributed by atoms with Crippen LogP contribution in [0.4, 0.5) is 0 Å². The standard InChI is InChI=1S/C12H16ClN3/c1-7(2)16-11-5-4-9(8(3)14)6-10(11)12(13)15-16/h4-8H,14H2,1-3H3. The highest BCUT2D eigenvalue weighted by Crippen LogP contribution is 2.27. The van der Waals surface area contributed by atoms with Gasteiger partial charge in [-0.05, 0) is 38.5 Å². The van der Waals surface area contributed by atoms with Crippen LogP contribution in [0.2, 0.25) is 5.15 Å². The first-order valence-electron chi connectivity index (χ1n) is 5.44. The number of hydrogen-bond acceptors (Lipinski definition) is 2. The molecule has 0 radical (unpaired) electrons. The van der Waals surface area contributed by atoms with Crippen LogP contribution in [-0.2, 0) is 0 Å². The van der Waals surface area contributed by atoms with Crippen LogP contribution in [0.3, 0.4) is 0 Å². The summed E-state index contributed by atoms with van der Waals surface area (Å²) in [7, 11) is 0. The minimum atomic E-state index is 0.0165. The summed E-state index contributed by atoms with van der Waals surface area (Å²) in [6, 6.07) is 6.41. The number of fused-ring (bicyclic) bond motifs is 1. The first-order chi connectivity index (χ1) is 7.50. The quantitative estimate of drug-likeness (QED) is 0.871. The van der Waals surface area contributed by atoms with E-state index in [1.54, 1.807) is 0 Å². The lowest BCUT2D eigenvalue weighted by molar-refractivity contribution is 0.551. The molecule has 0 spiro atoms. The highest BCUT2D eigenvalue weighted by atomic mass is 35.5. The normalized spacial score (nSPS) is 13.6. The lowest BCUT2D eigenvalue weighted by atomic mass is 10.1. The molecule has 1 aromatic carbocycles. The fraction of sp³-hybridized carbons (Fsp3) is 0.417. The fourth-order valence-corrected chi connectivity index (χ4v) is 2.03. The lowest BCUT2D eigenvalue weighted by Gasteiger charge is -2.08. The molecule has 0 aliphatic carbocycles. The number of nitrogens with zero attached hydrogens (tertiary/aromatic N) is 2. The third-order valence-corrected chi connectivity index (χ3v) is 2.98. The molecule has 1 heterocycles. The van der Waals surface area contributed by atoms with Gasteiger partial charge >= 0.3 is 0 Å². The summed E-state index contributed by atoms with van der Waals surface area (Å²) in [6.07, 6.45) is 0. The van der Waals surface area contributed by atoms with Gasteiger partial charge in [-0.15, -0.1) is 0 Å². The molecule has 2 rings (SSSR count). The Balaban J connectivity index is 2.67. The van der Waals surface area contributed by atoms with Crippen LogP contribution < -0.4 is 5.73 Å². The predicted octanol–water partition coefficient (Wildman–Crippen LogP) is 3.29. The third-order valence-electron chi connectivity index (χ3n) is 2.70. The Bertz CT molecular complexity index is 514. The van der Waals surface area contributed by atoms with Crippen molar-refractivity contribution in [2.45, 2.75) is 32.9 Å². The first-order valence-corrected chi connectivity index (χ1v) is 5.81. The number of halogens is 1. The van der Waals surface area contributed by atoms with E-state index in [1.165, 1.54) is 0 Å². The third kappa shape index (κ3) is 1.81. The van der Waals surface area contributed by atoms with Crippen LogP contribution >= 0.6 is 11.6 Å². The molecule has 0 saturated heterocycles. The van der Waals surface area contributed by atoms with Crippen LogP contribution in [0.5, 0.6) is 0 Å². The van der Waals surface area contributed by atoms with Gasteiger partial charge in [0.05, 0.1) is 5.52 Å². The second-order valence-electron chi connectivity index (χ2n) is 4.39. The van der Waals surface area contributed by atoms with Crippen molar-refractivity contribution in [3.05, 3.63) is 28.9 Å². The molecule has 86 valence electrons. The minimum Gasteiger partial charge on any atom is -0.324 e. The Morgan fingerprint density at radius 3 is 2.56 bits per heavy atom. The molecule has 1 unspecified atom stereocenters. The van der Waals surface area contributed by atoms with Crippen molar-refractivity contribution in [3.63, 3.8) is 0 Å². The molecule has 0 amide bonds. The Labute approximate surface area is 100 Å². The largest absolute Gasteiger partial charge is 0.324 e. The van der Waals surface area contributed by atoms with Crippen LogP contribution in [0.15, 0.2) is 18.2 Å². The minimum absolute atomic E-state index is 0.0165. The smallest absolute Gasteiger partial charge is 0.158 e. The average molecular weight is 238 g/mol. The van der Waals surface area contributed by atoms with Gasteiger partial charge < -0.3 is 5.73 Å². The van der Waals surface area contributed by atoms with E-state index >= 15 is 0 Å². The number of rotatable bonds is 2. The summed E-state index contributed by atoms with van der Waals surface area (Å²) < 4.78 is 1.93. The number of aromatic nitrogens is 2. The average Bonchev–Trinajstić information content (AvgIpc) is 2.56. The molecule has 2 N–H and O–H groups in total. The summed E-state index contributed by atoms with van der Waals surface area (Å²) in [5.41, 5.74) is 7.99. The van der Waals surface area contributed by atoms with Crippen molar-refractivity contribution in [2.75, 3.05) is 0 Å². The Kier molecular flexibility index (Phi) is 2.91. The first kappa shape index (κ1) is 11.4. The number of hydrogen-bond donors (Lipinski definition) is 1. The molecule has 3 nitrogen and oxygen atoms in total. The van der Waals surface area contributed by atoms with E-state index in [9.17, 15) is 0 Å². The topological polar surface area (TPSA) is 43.8 Å². The van der Waals surface area contributed by atoms with E-state index in [0.717, 1.165) is 16.5 Å². The molecule has 0 aliphatic rings. The number of benzene rings is 1. The second-order valence-corrected chi connectivity index (χ2v) is 4.75. The van der Waals surface area contributed by atoms with E-state index in [0.29, 0.717) is 11.2 Å². The van der Waals surface area contributed by atoms with E-state index in [4.69, 9.17) is 17.3 Å². The van der Waals surface area contributed by atoms with Crippen molar-refractivity contribution >= 4 is 22.5 Å². The van der Waals surface area contributed by atoms with Crippen molar-refractivity contribution < 1.29 is 0 Å². The summed E-state index contributed by atoms with van der Waals surface area (Å²) in [6.45, 7) is 6.13. The molecular formula is C12H16ClN3. The molecule has 16 heavy (non-hydrogen) atoms. The maximum absolute atomic E-state index is 6.13. The van der Waals surface area contributed by atoms with Crippen LogP contribution in [0.25, 0.3) is 10.9 Å². The molecule has 0 aliphatic heterocycles. The highest BCUT2D eigenvalue weighted by Gasteiger charge is 2.12. The molecule has 0 bridgehead atoms. The van der Waals surface area contributed by atoms with Gasteiger partial charge in [-0.2, -0.15) is 5.10 Å². The van der Waals surface area contributed by atoms with Crippen molar-refractivity contribution in [1.82, 2.24) is 9.78 Å². The van der Waals surface area contributed by atoms with E-state index in [1.807, 2.05) is 29.8 Å². The lowest BCUT2D eigenvalue weighted by Crippen LogP contribution is -2.05. The second kappa shape index (κ2) is 4.07. The Morgan fingerprint density at radius 1 is 1.31 bits per heavy atom. The molecule has 1 atom stereocenters. The van der Waals surface area contributed by atoms with Crippen molar-refractivity contribution in [1.29, 1.82) is 0 Å². The summed E-state index contributed by atoms with van der Waals surface area (Å²) >= 11 is 6.13. The van der Waals surface area contributed by atoms with E-state index < -0.39 is 0 Å². The zero-order valence-corrected chi connectivity index (χ0v) is 10.5. The molecule has 0 saturated carbocycles. The Morgan fingerprint density at radius 2 is 2.00 bits per heavy atom. The van der Waals surface area contributed by atoms with Gasteiger partial charge in [0.1, 0.15) is 0 Å². The van der Waals surface area contributed by atoms with Crippen molar-refractivity contribution in [3.8, 4) is 0 Å². The molecule has 0 fully saturated rings. The van der Waals surface area contributed by atoms with Gasteiger partial charge in [0, 0.05) is 17.5 Å². The molecular weight excluding hydrogens is 222 g/mol. The molecule has 2 aromatic rings. The SMILES string of the molecule is CC(N)c1ccc2c(c1)c(Cl)nn2C(C)C. The summed E-state index contributed by atoms with van der Waals surface area (Å²) in [5, 5.41) is 5.86. The van der Waals surface area contributed by atoms with Gasteiger partial charge in [0.25, 0.3) is 0 Å². The van der Waals surface area contributed by atoms with Crippen LogP contribution in [0.1, 0.15) is 38.4 Å². The van der Waals surface area contributed by atoms with Crippen LogP contribution in [-0.4, -0.2) is 9.78 Å². The zero-order valence-electron chi connectivity index (χ0n) is 9.74.